The summed E-state index contributed by atoms with van der Waals surface area (Å²) in [6.07, 6.45) is 5.13. The molecule has 4 rings (SSSR count). The summed E-state index contributed by atoms with van der Waals surface area (Å²) < 4.78 is 27.3. The molecule has 2 heterocycles. The molecule has 0 aromatic heterocycles. The van der Waals surface area contributed by atoms with Crippen molar-refractivity contribution in [2.45, 2.75) is 43.5 Å². The lowest BCUT2D eigenvalue weighted by Gasteiger charge is -2.31. The van der Waals surface area contributed by atoms with Crippen LogP contribution in [0.3, 0.4) is 0 Å². The summed E-state index contributed by atoms with van der Waals surface area (Å²) in [6, 6.07) is 14.5. The standard InChI is InChI=1S/C24H30ClN3O3S/c25-21-8-12-23(13-9-21)32(30,31)28-16-4-5-20(18-28)24(29)26-17-19-6-10-22(11-7-19)27-14-2-1-3-15-27/h6-13,20H,1-5,14-18H2,(H,26,29). The molecule has 2 aliphatic heterocycles. The summed E-state index contributed by atoms with van der Waals surface area (Å²) in [5.74, 6) is -0.445. The van der Waals surface area contributed by atoms with Gasteiger partial charge in [-0.25, -0.2) is 8.42 Å². The van der Waals surface area contributed by atoms with E-state index in [2.05, 4.69) is 34.5 Å². The van der Waals surface area contributed by atoms with E-state index < -0.39 is 10.0 Å². The number of halogens is 1. The number of nitrogens with one attached hydrogen (secondary N) is 1. The van der Waals surface area contributed by atoms with E-state index >= 15 is 0 Å². The molecule has 0 aliphatic carbocycles. The zero-order valence-corrected chi connectivity index (χ0v) is 19.7. The van der Waals surface area contributed by atoms with Gasteiger partial charge in [-0.2, -0.15) is 4.31 Å². The number of nitrogens with zero attached hydrogens (tertiary/aromatic N) is 2. The number of carbonyl (C=O) groups excluding carboxylic acids is 1. The molecule has 1 atom stereocenters. The van der Waals surface area contributed by atoms with E-state index in [0.29, 0.717) is 31.0 Å². The van der Waals surface area contributed by atoms with Gasteiger partial charge in [0.1, 0.15) is 0 Å². The summed E-state index contributed by atoms with van der Waals surface area (Å²) in [5, 5.41) is 3.49. The summed E-state index contributed by atoms with van der Waals surface area (Å²) in [7, 11) is -3.64. The second-order valence-corrected chi connectivity index (χ2v) is 11.0. The molecule has 1 N–H and O–H groups in total. The fourth-order valence-corrected chi connectivity index (χ4v) is 6.09. The van der Waals surface area contributed by atoms with Gasteiger partial charge in [0.15, 0.2) is 0 Å². The molecule has 0 radical (unpaired) electrons. The smallest absolute Gasteiger partial charge is 0.243 e. The number of piperidine rings is 2. The van der Waals surface area contributed by atoms with Crippen LogP contribution in [0.25, 0.3) is 0 Å². The van der Waals surface area contributed by atoms with E-state index in [9.17, 15) is 13.2 Å². The van der Waals surface area contributed by atoms with Gasteiger partial charge in [0, 0.05) is 43.4 Å². The molecule has 32 heavy (non-hydrogen) atoms. The zero-order valence-electron chi connectivity index (χ0n) is 18.2. The SMILES string of the molecule is O=C(NCc1ccc(N2CCCCC2)cc1)C1CCCN(S(=O)(=O)c2ccc(Cl)cc2)C1. The first-order valence-corrected chi connectivity index (χ1v) is 13.1. The number of amides is 1. The predicted molar refractivity (Wildman–Crippen MR) is 127 cm³/mol. The Balaban J connectivity index is 1.33. The Kier molecular flexibility index (Phi) is 7.38. The minimum absolute atomic E-state index is 0.0962. The van der Waals surface area contributed by atoms with Crippen LogP contribution in [0.4, 0.5) is 5.69 Å². The number of carbonyl (C=O) groups is 1. The van der Waals surface area contributed by atoms with Crippen LogP contribution in [-0.2, 0) is 21.4 Å². The normalized spacial score (nSPS) is 20.2. The van der Waals surface area contributed by atoms with Gasteiger partial charge in [-0.1, -0.05) is 23.7 Å². The zero-order chi connectivity index (χ0) is 22.6. The second kappa shape index (κ2) is 10.2. The largest absolute Gasteiger partial charge is 0.372 e. The van der Waals surface area contributed by atoms with Gasteiger partial charge in [-0.15, -0.1) is 0 Å². The maximum Gasteiger partial charge on any atom is 0.243 e. The molecule has 2 fully saturated rings. The third-order valence-electron chi connectivity index (χ3n) is 6.33. The van der Waals surface area contributed by atoms with Crippen LogP contribution in [-0.4, -0.2) is 44.8 Å². The van der Waals surface area contributed by atoms with Crippen LogP contribution < -0.4 is 10.2 Å². The fourth-order valence-electron chi connectivity index (χ4n) is 4.44. The highest BCUT2D eigenvalue weighted by Gasteiger charge is 2.33. The molecule has 1 amide bonds. The van der Waals surface area contributed by atoms with Crippen molar-refractivity contribution in [2.75, 3.05) is 31.1 Å². The molecular formula is C24H30ClN3O3S. The molecule has 2 aromatic rings. The average molecular weight is 476 g/mol. The van der Waals surface area contributed by atoms with Crippen LogP contribution >= 0.6 is 11.6 Å². The molecule has 172 valence electrons. The van der Waals surface area contributed by atoms with Gasteiger partial charge in [-0.3, -0.25) is 4.79 Å². The second-order valence-electron chi connectivity index (χ2n) is 8.59. The van der Waals surface area contributed by atoms with Gasteiger partial charge in [-0.05, 0) is 74.1 Å². The Morgan fingerprint density at radius 2 is 1.62 bits per heavy atom. The average Bonchev–Trinajstić information content (AvgIpc) is 2.84. The van der Waals surface area contributed by atoms with Gasteiger partial charge >= 0.3 is 0 Å². The molecule has 2 aliphatic rings. The summed E-state index contributed by atoms with van der Waals surface area (Å²) in [5.41, 5.74) is 2.27. The lowest BCUT2D eigenvalue weighted by atomic mass is 9.98. The number of rotatable bonds is 6. The molecule has 1 unspecified atom stereocenters. The Hall–Kier alpha value is -2.09. The lowest BCUT2D eigenvalue weighted by Crippen LogP contribution is -2.45. The molecule has 6 nitrogen and oxygen atoms in total. The maximum absolute atomic E-state index is 13.0. The van der Waals surface area contributed by atoms with E-state index in [1.54, 1.807) is 12.1 Å². The fraction of sp³-hybridized carbons (Fsp3) is 0.458. The summed E-state index contributed by atoms with van der Waals surface area (Å²) in [6.45, 7) is 3.28. The van der Waals surface area contributed by atoms with E-state index in [1.165, 1.54) is 41.4 Å². The maximum atomic E-state index is 13.0. The van der Waals surface area contributed by atoms with Crippen molar-refractivity contribution in [3.63, 3.8) is 0 Å². The number of benzene rings is 2. The highest BCUT2D eigenvalue weighted by Crippen LogP contribution is 2.25. The topological polar surface area (TPSA) is 69.7 Å². The van der Waals surface area contributed by atoms with E-state index in [1.807, 2.05) is 0 Å². The van der Waals surface area contributed by atoms with Crippen LogP contribution in [0.15, 0.2) is 53.4 Å². The quantitative estimate of drug-likeness (QED) is 0.684. The number of sulfonamides is 1. The number of hydrogen-bond acceptors (Lipinski definition) is 4. The van der Waals surface area contributed by atoms with E-state index in [4.69, 9.17) is 11.6 Å². The van der Waals surface area contributed by atoms with Crippen LogP contribution in [0, 0.1) is 5.92 Å². The monoisotopic (exact) mass is 475 g/mol. The van der Waals surface area contributed by atoms with Gasteiger partial charge in [0.05, 0.1) is 10.8 Å². The van der Waals surface area contributed by atoms with E-state index in [-0.39, 0.29) is 23.3 Å². The lowest BCUT2D eigenvalue weighted by molar-refractivity contribution is -0.126. The third kappa shape index (κ3) is 5.45. The van der Waals surface area contributed by atoms with Crippen molar-refractivity contribution in [3.8, 4) is 0 Å². The Bertz CT molecular complexity index is 1020. The van der Waals surface area contributed by atoms with Crippen molar-refractivity contribution >= 4 is 33.2 Å². The Morgan fingerprint density at radius 3 is 2.31 bits per heavy atom. The first-order valence-electron chi connectivity index (χ1n) is 11.3. The minimum atomic E-state index is -3.64. The Morgan fingerprint density at radius 1 is 0.938 bits per heavy atom. The van der Waals surface area contributed by atoms with Crippen molar-refractivity contribution < 1.29 is 13.2 Å². The minimum Gasteiger partial charge on any atom is -0.372 e. The molecule has 0 bridgehead atoms. The van der Waals surface area contributed by atoms with Crippen molar-refractivity contribution in [2.24, 2.45) is 5.92 Å². The van der Waals surface area contributed by atoms with Crippen LogP contribution in [0.5, 0.6) is 0 Å². The highest BCUT2D eigenvalue weighted by atomic mass is 35.5. The van der Waals surface area contributed by atoms with Gasteiger partial charge < -0.3 is 10.2 Å². The van der Waals surface area contributed by atoms with Gasteiger partial charge in [0.25, 0.3) is 0 Å². The predicted octanol–water partition coefficient (Wildman–Crippen LogP) is 4.05. The third-order valence-corrected chi connectivity index (χ3v) is 8.46. The summed E-state index contributed by atoms with van der Waals surface area (Å²) in [4.78, 5) is 15.4. The molecule has 0 spiro atoms. The van der Waals surface area contributed by atoms with Crippen LogP contribution in [0.1, 0.15) is 37.7 Å². The first kappa shape index (κ1) is 23.1. The Labute approximate surface area is 195 Å². The molecule has 2 saturated heterocycles. The highest BCUT2D eigenvalue weighted by molar-refractivity contribution is 7.89. The summed E-state index contributed by atoms with van der Waals surface area (Å²) >= 11 is 5.88. The van der Waals surface area contributed by atoms with Crippen molar-refractivity contribution in [1.82, 2.24) is 9.62 Å². The molecule has 0 saturated carbocycles. The number of hydrogen-bond donors (Lipinski definition) is 1. The molecule has 2 aromatic carbocycles. The van der Waals surface area contributed by atoms with Crippen molar-refractivity contribution in [1.29, 1.82) is 0 Å². The van der Waals surface area contributed by atoms with Crippen molar-refractivity contribution in [3.05, 3.63) is 59.1 Å². The molecular weight excluding hydrogens is 446 g/mol. The first-order chi connectivity index (χ1) is 15.4. The van der Waals surface area contributed by atoms with Gasteiger partial charge in [0.2, 0.25) is 15.9 Å². The van der Waals surface area contributed by atoms with Crippen LogP contribution in [0.2, 0.25) is 5.02 Å². The number of anilines is 1. The van der Waals surface area contributed by atoms with E-state index in [0.717, 1.165) is 18.7 Å². The molecule has 8 heteroatoms.